The number of hydrogen-bond acceptors (Lipinski definition) is 5. The number of aryl methyl sites for hydroxylation is 2. The van der Waals surface area contributed by atoms with Gasteiger partial charge in [-0.05, 0) is 6.42 Å². The summed E-state index contributed by atoms with van der Waals surface area (Å²) in [6.45, 7) is 2.09. The Morgan fingerprint density at radius 2 is 2.22 bits per heavy atom. The Bertz CT molecular complexity index is 523. The van der Waals surface area contributed by atoms with Crippen LogP contribution in [0, 0.1) is 0 Å². The number of hydrogen-bond donors (Lipinski definition) is 1. The molecule has 0 fully saturated rings. The normalized spacial score (nSPS) is 10.4. The highest BCUT2D eigenvalue weighted by Crippen LogP contribution is 2.21. The average molecular weight is 247 g/mol. The van der Waals surface area contributed by atoms with Gasteiger partial charge < -0.3 is 10.1 Å². The zero-order valence-corrected chi connectivity index (χ0v) is 10.8. The first-order chi connectivity index (χ1) is 8.71. The minimum Gasteiger partial charge on any atom is -0.436 e. The van der Waals surface area contributed by atoms with Crippen molar-refractivity contribution >= 4 is 5.82 Å². The van der Waals surface area contributed by atoms with Crippen LogP contribution in [0.1, 0.15) is 19.2 Å². The molecule has 2 rings (SSSR count). The summed E-state index contributed by atoms with van der Waals surface area (Å²) in [5.74, 6) is 2.74. The van der Waals surface area contributed by atoms with E-state index in [0.717, 1.165) is 24.5 Å². The summed E-state index contributed by atoms with van der Waals surface area (Å²) in [6.07, 6.45) is 5.28. The maximum atomic E-state index is 5.65. The zero-order valence-electron chi connectivity index (χ0n) is 10.8. The quantitative estimate of drug-likeness (QED) is 0.875. The smallest absolute Gasteiger partial charge is 0.224 e. The van der Waals surface area contributed by atoms with Crippen molar-refractivity contribution in [3.63, 3.8) is 0 Å². The fourth-order valence-electron chi connectivity index (χ4n) is 1.56. The largest absolute Gasteiger partial charge is 0.436 e. The van der Waals surface area contributed by atoms with Gasteiger partial charge in [0.05, 0.1) is 12.4 Å². The van der Waals surface area contributed by atoms with Gasteiger partial charge in [-0.25, -0.2) is 4.98 Å². The molecule has 6 heteroatoms. The van der Waals surface area contributed by atoms with Crippen molar-refractivity contribution in [3.05, 3.63) is 24.3 Å². The molecule has 0 unspecified atom stereocenters. The standard InChI is InChI=1S/C12H17N5O/c1-4-5-10-15-11(13-2)6-12(16-10)18-9-7-14-17(3)8-9/h6-8H,4-5H2,1-3H3,(H,13,15,16). The van der Waals surface area contributed by atoms with Crippen molar-refractivity contribution in [1.82, 2.24) is 19.7 Å². The first kappa shape index (κ1) is 12.3. The van der Waals surface area contributed by atoms with Gasteiger partial charge in [0.15, 0.2) is 5.75 Å². The van der Waals surface area contributed by atoms with Crippen LogP contribution in [0.3, 0.4) is 0 Å². The van der Waals surface area contributed by atoms with Crippen LogP contribution in [0.5, 0.6) is 11.6 Å². The lowest BCUT2D eigenvalue weighted by Crippen LogP contribution is -2.01. The summed E-state index contributed by atoms with van der Waals surface area (Å²) in [7, 11) is 3.67. The SMILES string of the molecule is CCCc1nc(NC)cc(Oc2cnn(C)c2)n1. The summed E-state index contributed by atoms with van der Waals surface area (Å²) < 4.78 is 7.34. The topological polar surface area (TPSA) is 64.9 Å². The lowest BCUT2D eigenvalue weighted by molar-refractivity contribution is 0.458. The number of nitrogens with zero attached hydrogens (tertiary/aromatic N) is 4. The van der Waals surface area contributed by atoms with Crippen molar-refractivity contribution in [2.75, 3.05) is 12.4 Å². The number of nitrogens with one attached hydrogen (secondary N) is 1. The van der Waals surface area contributed by atoms with E-state index in [2.05, 4.69) is 27.3 Å². The molecule has 0 aromatic carbocycles. The van der Waals surface area contributed by atoms with Gasteiger partial charge in [-0.1, -0.05) is 6.92 Å². The van der Waals surface area contributed by atoms with Gasteiger partial charge in [-0.3, -0.25) is 4.68 Å². The molecular weight excluding hydrogens is 230 g/mol. The van der Waals surface area contributed by atoms with Gasteiger partial charge in [0, 0.05) is 26.6 Å². The van der Waals surface area contributed by atoms with Gasteiger partial charge in [0.2, 0.25) is 5.88 Å². The Hall–Kier alpha value is -2.11. The minimum atomic E-state index is 0.533. The zero-order chi connectivity index (χ0) is 13.0. The number of ether oxygens (including phenoxy) is 1. The molecule has 0 saturated carbocycles. The van der Waals surface area contributed by atoms with Crippen LogP contribution in [-0.4, -0.2) is 26.8 Å². The monoisotopic (exact) mass is 247 g/mol. The molecule has 2 aromatic rings. The fraction of sp³-hybridized carbons (Fsp3) is 0.417. The highest BCUT2D eigenvalue weighted by molar-refractivity contribution is 5.39. The maximum absolute atomic E-state index is 5.65. The van der Waals surface area contributed by atoms with Gasteiger partial charge in [0.25, 0.3) is 0 Å². The second-order valence-corrected chi connectivity index (χ2v) is 3.96. The van der Waals surface area contributed by atoms with Crippen LogP contribution in [0.2, 0.25) is 0 Å². The van der Waals surface area contributed by atoms with E-state index in [1.165, 1.54) is 0 Å². The Balaban J connectivity index is 2.23. The lowest BCUT2D eigenvalue weighted by Gasteiger charge is -2.07. The molecular formula is C12H17N5O. The summed E-state index contributed by atoms with van der Waals surface area (Å²) in [5, 5.41) is 7.05. The molecule has 96 valence electrons. The van der Waals surface area contributed by atoms with Crippen molar-refractivity contribution in [2.24, 2.45) is 7.05 Å². The minimum absolute atomic E-state index is 0.533. The van der Waals surface area contributed by atoms with Gasteiger partial charge in [0.1, 0.15) is 11.6 Å². The van der Waals surface area contributed by atoms with E-state index in [-0.39, 0.29) is 0 Å². The van der Waals surface area contributed by atoms with Gasteiger partial charge in [-0.15, -0.1) is 0 Å². The Morgan fingerprint density at radius 3 is 2.83 bits per heavy atom. The molecule has 18 heavy (non-hydrogen) atoms. The molecule has 1 N–H and O–H groups in total. The van der Waals surface area contributed by atoms with E-state index in [0.29, 0.717) is 11.6 Å². The van der Waals surface area contributed by atoms with E-state index in [1.54, 1.807) is 23.1 Å². The molecule has 2 heterocycles. The molecule has 0 saturated heterocycles. The first-order valence-corrected chi connectivity index (χ1v) is 5.93. The number of anilines is 1. The van der Waals surface area contributed by atoms with E-state index < -0.39 is 0 Å². The summed E-state index contributed by atoms with van der Waals surface area (Å²) in [5.41, 5.74) is 0. The molecule has 0 amide bonds. The van der Waals surface area contributed by atoms with E-state index in [4.69, 9.17) is 4.74 Å². The molecule has 0 aliphatic carbocycles. The molecule has 2 aromatic heterocycles. The van der Waals surface area contributed by atoms with E-state index in [1.807, 2.05) is 14.1 Å². The van der Waals surface area contributed by atoms with Crippen LogP contribution in [0.15, 0.2) is 18.5 Å². The summed E-state index contributed by atoms with van der Waals surface area (Å²) >= 11 is 0. The molecule has 0 aliphatic rings. The molecule has 0 atom stereocenters. The first-order valence-electron chi connectivity index (χ1n) is 5.93. The molecule has 0 bridgehead atoms. The third-order valence-electron chi connectivity index (χ3n) is 2.38. The summed E-state index contributed by atoms with van der Waals surface area (Å²) in [6, 6.07) is 1.77. The molecule has 0 radical (unpaired) electrons. The Labute approximate surface area is 106 Å². The lowest BCUT2D eigenvalue weighted by atomic mass is 10.3. The Morgan fingerprint density at radius 1 is 1.39 bits per heavy atom. The van der Waals surface area contributed by atoms with Crippen LogP contribution in [0.25, 0.3) is 0 Å². The number of aromatic nitrogens is 4. The van der Waals surface area contributed by atoms with Gasteiger partial charge in [-0.2, -0.15) is 10.1 Å². The predicted molar refractivity (Wildman–Crippen MR) is 68.9 cm³/mol. The number of rotatable bonds is 5. The van der Waals surface area contributed by atoms with E-state index in [9.17, 15) is 0 Å². The fourth-order valence-corrected chi connectivity index (χ4v) is 1.56. The highest BCUT2D eigenvalue weighted by atomic mass is 16.5. The second kappa shape index (κ2) is 5.48. The molecule has 6 nitrogen and oxygen atoms in total. The Kier molecular flexibility index (Phi) is 3.76. The van der Waals surface area contributed by atoms with Crippen molar-refractivity contribution in [3.8, 4) is 11.6 Å². The highest BCUT2D eigenvalue weighted by Gasteiger charge is 2.06. The van der Waals surface area contributed by atoms with Crippen LogP contribution >= 0.6 is 0 Å². The van der Waals surface area contributed by atoms with Crippen LogP contribution in [-0.2, 0) is 13.5 Å². The molecule has 0 spiro atoms. The van der Waals surface area contributed by atoms with Crippen LogP contribution < -0.4 is 10.1 Å². The average Bonchev–Trinajstić information content (AvgIpc) is 2.75. The third-order valence-corrected chi connectivity index (χ3v) is 2.38. The molecule has 0 aliphatic heterocycles. The van der Waals surface area contributed by atoms with Crippen LogP contribution in [0.4, 0.5) is 5.82 Å². The maximum Gasteiger partial charge on any atom is 0.224 e. The van der Waals surface area contributed by atoms with Crippen molar-refractivity contribution in [1.29, 1.82) is 0 Å². The second-order valence-electron chi connectivity index (χ2n) is 3.96. The third kappa shape index (κ3) is 2.97. The van der Waals surface area contributed by atoms with Gasteiger partial charge >= 0.3 is 0 Å². The van der Waals surface area contributed by atoms with Crippen molar-refractivity contribution in [2.45, 2.75) is 19.8 Å². The summed E-state index contributed by atoms with van der Waals surface area (Å²) in [4.78, 5) is 8.73. The van der Waals surface area contributed by atoms with E-state index >= 15 is 0 Å². The predicted octanol–water partition coefficient (Wildman–Crippen LogP) is 2.00. The van der Waals surface area contributed by atoms with Crippen molar-refractivity contribution < 1.29 is 4.74 Å².